The lowest BCUT2D eigenvalue weighted by Gasteiger charge is -2.17. The quantitative estimate of drug-likeness (QED) is 0.730. The van der Waals surface area contributed by atoms with Crippen molar-refractivity contribution >= 4 is 16.9 Å². The van der Waals surface area contributed by atoms with E-state index in [4.69, 9.17) is 18.6 Å². The van der Waals surface area contributed by atoms with E-state index in [1.54, 1.807) is 18.2 Å². The monoisotopic (exact) mass is 395 g/mol. The summed E-state index contributed by atoms with van der Waals surface area (Å²) in [5.41, 5.74) is 2.93. The van der Waals surface area contributed by atoms with Gasteiger partial charge in [0.05, 0.1) is 38.3 Å². The van der Waals surface area contributed by atoms with E-state index in [1.165, 1.54) is 21.3 Å². The van der Waals surface area contributed by atoms with Gasteiger partial charge in [-0.05, 0) is 48.7 Å². The van der Waals surface area contributed by atoms with E-state index in [0.717, 1.165) is 11.1 Å². The number of benzene rings is 2. The van der Waals surface area contributed by atoms with Crippen molar-refractivity contribution in [2.45, 2.75) is 19.9 Å². The molecule has 2 heterocycles. The minimum absolute atomic E-state index is 0.0370. The third kappa shape index (κ3) is 2.73. The fraction of sp³-hybridized carbons (Fsp3) is 0.273. The molecule has 0 fully saturated rings. The zero-order valence-corrected chi connectivity index (χ0v) is 16.8. The minimum atomic E-state index is -0.687. The molecule has 1 atom stereocenters. The predicted octanol–water partition coefficient (Wildman–Crippen LogP) is 3.27. The fourth-order valence-corrected chi connectivity index (χ4v) is 3.72. The van der Waals surface area contributed by atoms with Crippen LogP contribution in [0.4, 0.5) is 0 Å². The van der Waals surface area contributed by atoms with Crippen LogP contribution in [0.2, 0.25) is 0 Å². The molecule has 2 aromatic carbocycles. The second-order valence-electron chi connectivity index (χ2n) is 6.92. The van der Waals surface area contributed by atoms with Crippen molar-refractivity contribution in [3.8, 4) is 17.2 Å². The lowest BCUT2D eigenvalue weighted by atomic mass is 9.97. The number of methoxy groups -OCH3 is 3. The molecule has 0 radical (unpaired) electrons. The Morgan fingerprint density at radius 3 is 2.21 bits per heavy atom. The van der Waals surface area contributed by atoms with Gasteiger partial charge in [-0.3, -0.25) is 9.59 Å². The number of carbonyl (C=O) groups is 1. The zero-order chi connectivity index (χ0) is 20.9. The SMILES string of the molecule is COc1cc([C@@H]2NC(=O)c3oc4c(C)c(C)ccc4c(=O)c32)cc(OC)c1OC. The van der Waals surface area contributed by atoms with E-state index in [9.17, 15) is 9.59 Å². The number of fused-ring (bicyclic) bond motifs is 2. The maximum Gasteiger partial charge on any atom is 0.288 e. The Kier molecular flexibility index (Phi) is 4.45. The molecule has 7 nitrogen and oxygen atoms in total. The highest BCUT2D eigenvalue weighted by molar-refractivity contribution is 5.99. The molecule has 3 aromatic rings. The summed E-state index contributed by atoms with van der Waals surface area (Å²) >= 11 is 0. The number of hydrogen-bond acceptors (Lipinski definition) is 6. The second kappa shape index (κ2) is 6.84. The largest absolute Gasteiger partial charge is 0.493 e. The average Bonchev–Trinajstić information content (AvgIpc) is 3.06. The van der Waals surface area contributed by atoms with Crippen molar-refractivity contribution < 1.29 is 23.4 Å². The molecule has 150 valence electrons. The van der Waals surface area contributed by atoms with Crippen molar-refractivity contribution in [3.63, 3.8) is 0 Å². The topological polar surface area (TPSA) is 87.0 Å². The number of carbonyl (C=O) groups excluding carboxylic acids is 1. The Morgan fingerprint density at radius 1 is 0.966 bits per heavy atom. The van der Waals surface area contributed by atoms with Gasteiger partial charge in [-0.2, -0.15) is 0 Å². The van der Waals surface area contributed by atoms with E-state index in [1.807, 2.05) is 19.9 Å². The van der Waals surface area contributed by atoms with Gasteiger partial charge in [0.15, 0.2) is 16.9 Å². The molecule has 1 N–H and O–H groups in total. The molecule has 29 heavy (non-hydrogen) atoms. The highest BCUT2D eigenvalue weighted by Gasteiger charge is 2.37. The van der Waals surface area contributed by atoms with Gasteiger partial charge in [-0.25, -0.2) is 0 Å². The number of nitrogens with one attached hydrogen (secondary N) is 1. The predicted molar refractivity (Wildman–Crippen MR) is 107 cm³/mol. The van der Waals surface area contributed by atoms with Crippen LogP contribution in [0.15, 0.2) is 33.5 Å². The molecular formula is C22H21NO6. The Bertz CT molecular complexity index is 1190. The Labute approximate surface area is 167 Å². The summed E-state index contributed by atoms with van der Waals surface area (Å²) in [5, 5.41) is 3.29. The molecular weight excluding hydrogens is 374 g/mol. The van der Waals surface area contributed by atoms with E-state index < -0.39 is 11.9 Å². The summed E-state index contributed by atoms with van der Waals surface area (Å²) in [6, 6.07) is 6.35. The highest BCUT2D eigenvalue weighted by atomic mass is 16.5. The summed E-state index contributed by atoms with van der Waals surface area (Å²) in [7, 11) is 4.53. The molecule has 0 unspecified atom stereocenters. The van der Waals surface area contributed by atoms with Crippen LogP contribution in [0.5, 0.6) is 17.2 Å². The summed E-state index contributed by atoms with van der Waals surface area (Å²) in [4.78, 5) is 25.9. The van der Waals surface area contributed by atoms with Gasteiger partial charge in [0.2, 0.25) is 11.5 Å². The van der Waals surface area contributed by atoms with Crippen LogP contribution in [0, 0.1) is 13.8 Å². The molecule has 4 rings (SSSR count). The summed E-state index contributed by atoms with van der Waals surface area (Å²) < 4.78 is 22.1. The first-order chi connectivity index (χ1) is 13.9. The van der Waals surface area contributed by atoms with Crippen LogP contribution in [-0.2, 0) is 0 Å². The van der Waals surface area contributed by atoms with E-state index >= 15 is 0 Å². The Balaban J connectivity index is 1.98. The van der Waals surface area contributed by atoms with Gasteiger partial charge in [0, 0.05) is 0 Å². The molecule has 1 aliphatic heterocycles. The molecule has 0 saturated heterocycles. The van der Waals surface area contributed by atoms with Crippen molar-refractivity contribution in [3.05, 3.63) is 62.5 Å². The fourth-order valence-electron chi connectivity index (χ4n) is 3.72. The van der Waals surface area contributed by atoms with E-state index in [2.05, 4.69) is 5.32 Å². The molecule has 1 aliphatic rings. The highest BCUT2D eigenvalue weighted by Crippen LogP contribution is 2.42. The Morgan fingerprint density at radius 2 is 1.62 bits per heavy atom. The van der Waals surface area contributed by atoms with Gasteiger partial charge >= 0.3 is 0 Å². The van der Waals surface area contributed by atoms with Crippen LogP contribution in [0.25, 0.3) is 11.0 Å². The minimum Gasteiger partial charge on any atom is -0.493 e. The number of amides is 1. The van der Waals surface area contributed by atoms with Crippen molar-refractivity contribution in [1.82, 2.24) is 5.32 Å². The van der Waals surface area contributed by atoms with E-state index in [0.29, 0.717) is 33.8 Å². The zero-order valence-electron chi connectivity index (χ0n) is 16.8. The summed E-state index contributed by atoms with van der Waals surface area (Å²) in [5.74, 6) is 0.899. The summed E-state index contributed by atoms with van der Waals surface area (Å²) in [6.07, 6.45) is 0. The number of aryl methyl sites for hydroxylation is 2. The molecule has 7 heteroatoms. The molecule has 1 aromatic heterocycles. The van der Waals surface area contributed by atoms with Crippen LogP contribution in [0.1, 0.15) is 38.9 Å². The van der Waals surface area contributed by atoms with Crippen LogP contribution >= 0.6 is 0 Å². The van der Waals surface area contributed by atoms with Crippen LogP contribution in [0.3, 0.4) is 0 Å². The molecule has 0 saturated carbocycles. The van der Waals surface area contributed by atoms with Gasteiger partial charge in [0.25, 0.3) is 5.91 Å². The van der Waals surface area contributed by atoms with Gasteiger partial charge in [0.1, 0.15) is 5.58 Å². The maximum atomic E-state index is 13.3. The standard InChI is InChI=1S/C22H21NO6/c1-10-6-7-13-18(24)16-17(23-22(25)21(16)29-19(13)11(10)2)12-8-14(26-3)20(28-5)15(9-12)27-4/h6-9,17H,1-5H3,(H,23,25)/t17-/m0/s1. The first-order valence-electron chi connectivity index (χ1n) is 9.09. The van der Waals surface area contributed by atoms with Crippen LogP contribution < -0.4 is 25.0 Å². The normalized spacial score (nSPS) is 15.2. The number of hydrogen-bond donors (Lipinski definition) is 1. The molecule has 0 aliphatic carbocycles. The molecule has 0 spiro atoms. The maximum absolute atomic E-state index is 13.3. The lowest BCUT2D eigenvalue weighted by Crippen LogP contribution is -2.22. The first-order valence-corrected chi connectivity index (χ1v) is 9.09. The smallest absolute Gasteiger partial charge is 0.288 e. The first kappa shape index (κ1) is 18.9. The second-order valence-corrected chi connectivity index (χ2v) is 6.92. The third-order valence-electron chi connectivity index (χ3n) is 5.41. The van der Waals surface area contributed by atoms with Gasteiger partial charge in [-0.15, -0.1) is 0 Å². The van der Waals surface area contributed by atoms with Gasteiger partial charge < -0.3 is 23.9 Å². The van der Waals surface area contributed by atoms with Crippen molar-refractivity contribution in [2.75, 3.05) is 21.3 Å². The Hall–Kier alpha value is -3.48. The number of rotatable bonds is 4. The van der Waals surface area contributed by atoms with Crippen molar-refractivity contribution in [1.29, 1.82) is 0 Å². The van der Waals surface area contributed by atoms with Crippen LogP contribution in [-0.4, -0.2) is 27.2 Å². The van der Waals surface area contributed by atoms with Crippen molar-refractivity contribution in [2.24, 2.45) is 0 Å². The molecule has 0 bridgehead atoms. The molecule has 1 amide bonds. The number of ether oxygens (including phenoxy) is 3. The average molecular weight is 395 g/mol. The lowest BCUT2D eigenvalue weighted by molar-refractivity contribution is 0.0937. The third-order valence-corrected chi connectivity index (χ3v) is 5.41. The van der Waals surface area contributed by atoms with E-state index in [-0.39, 0.29) is 16.8 Å². The van der Waals surface area contributed by atoms with Gasteiger partial charge in [-0.1, -0.05) is 6.07 Å². The summed E-state index contributed by atoms with van der Waals surface area (Å²) in [6.45, 7) is 3.80.